The number of fused-ring (bicyclic) bond motifs is 1. The standard InChI is InChI=1S/C15H20ClN5O.HI/c1-10-9-21(5-6-22-10)15(17)18-8-14-19-12-7-11(16)3-4-13(12)20(14)2;/h3-4,7,10H,5-6,8-9H2,1-2H3,(H2,17,18);1H. The summed E-state index contributed by atoms with van der Waals surface area (Å²) in [7, 11) is 1.97. The smallest absolute Gasteiger partial charge is 0.191 e. The summed E-state index contributed by atoms with van der Waals surface area (Å²) >= 11 is 6.01. The minimum atomic E-state index is 0. The van der Waals surface area contributed by atoms with E-state index in [1.807, 2.05) is 41.6 Å². The summed E-state index contributed by atoms with van der Waals surface area (Å²) in [6.45, 7) is 4.71. The summed E-state index contributed by atoms with van der Waals surface area (Å²) in [4.78, 5) is 11.1. The van der Waals surface area contributed by atoms with Gasteiger partial charge in [-0.05, 0) is 25.1 Å². The second-order valence-corrected chi connectivity index (χ2v) is 5.96. The molecule has 1 unspecified atom stereocenters. The lowest BCUT2D eigenvalue weighted by atomic mass is 10.3. The molecule has 8 heteroatoms. The van der Waals surface area contributed by atoms with Crippen LogP contribution >= 0.6 is 35.6 Å². The van der Waals surface area contributed by atoms with Crippen LogP contribution in [0.15, 0.2) is 23.2 Å². The van der Waals surface area contributed by atoms with Crippen molar-refractivity contribution >= 4 is 52.6 Å². The molecule has 1 aliphatic rings. The van der Waals surface area contributed by atoms with E-state index in [1.54, 1.807) is 0 Å². The molecule has 0 spiro atoms. The van der Waals surface area contributed by atoms with Crippen LogP contribution < -0.4 is 5.73 Å². The summed E-state index contributed by atoms with van der Waals surface area (Å²) in [5.74, 6) is 1.40. The van der Waals surface area contributed by atoms with Crippen LogP contribution in [0, 0.1) is 0 Å². The number of rotatable bonds is 2. The Kier molecular flexibility index (Phi) is 6.10. The van der Waals surface area contributed by atoms with Crippen LogP contribution in [-0.2, 0) is 18.3 Å². The van der Waals surface area contributed by atoms with E-state index in [0.717, 1.165) is 29.9 Å². The fraction of sp³-hybridized carbons (Fsp3) is 0.467. The lowest BCUT2D eigenvalue weighted by Gasteiger charge is -2.31. The van der Waals surface area contributed by atoms with Crippen LogP contribution in [0.1, 0.15) is 12.7 Å². The van der Waals surface area contributed by atoms with Gasteiger partial charge in [-0.3, -0.25) is 0 Å². The van der Waals surface area contributed by atoms with E-state index >= 15 is 0 Å². The third-order valence-electron chi connectivity index (χ3n) is 3.88. The SMILES string of the molecule is CC1CN(C(N)=NCc2nc3cc(Cl)ccc3n2C)CCO1.I. The van der Waals surface area contributed by atoms with Gasteiger partial charge in [0.15, 0.2) is 5.96 Å². The second kappa shape index (κ2) is 7.67. The fourth-order valence-corrected chi connectivity index (χ4v) is 2.81. The van der Waals surface area contributed by atoms with Crippen molar-refractivity contribution in [2.45, 2.75) is 19.6 Å². The molecule has 0 aliphatic carbocycles. The Morgan fingerprint density at radius 2 is 2.30 bits per heavy atom. The van der Waals surface area contributed by atoms with E-state index in [4.69, 9.17) is 22.1 Å². The van der Waals surface area contributed by atoms with Crippen molar-refractivity contribution < 1.29 is 4.74 Å². The van der Waals surface area contributed by atoms with Gasteiger partial charge in [-0.25, -0.2) is 9.98 Å². The molecule has 23 heavy (non-hydrogen) atoms. The molecule has 1 fully saturated rings. The zero-order valence-electron chi connectivity index (χ0n) is 13.2. The Morgan fingerprint density at radius 1 is 1.52 bits per heavy atom. The second-order valence-electron chi connectivity index (χ2n) is 5.52. The van der Waals surface area contributed by atoms with Gasteiger partial charge in [0.1, 0.15) is 12.4 Å². The van der Waals surface area contributed by atoms with Crippen LogP contribution in [0.4, 0.5) is 0 Å². The summed E-state index contributed by atoms with van der Waals surface area (Å²) in [6, 6.07) is 5.68. The predicted octanol–water partition coefficient (Wildman–Crippen LogP) is 2.38. The number of aryl methyl sites for hydroxylation is 1. The van der Waals surface area contributed by atoms with Gasteiger partial charge >= 0.3 is 0 Å². The number of aromatic nitrogens is 2. The number of hydrogen-bond donors (Lipinski definition) is 1. The average molecular weight is 450 g/mol. The van der Waals surface area contributed by atoms with Gasteiger partial charge in [-0.15, -0.1) is 24.0 Å². The summed E-state index contributed by atoms with van der Waals surface area (Å²) in [5, 5.41) is 0.683. The first-order valence-corrected chi connectivity index (χ1v) is 7.69. The zero-order valence-corrected chi connectivity index (χ0v) is 16.3. The van der Waals surface area contributed by atoms with E-state index in [2.05, 4.69) is 9.98 Å². The zero-order chi connectivity index (χ0) is 15.7. The molecule has 1 aliphatic heterocycles. The van der Waals surface area contributed by atoms with E-state index < -0.39 is 0 Å². The molecule has 0 saturated carbocycles. The van der Waals surface area contributed by atoms with Gasteiger partial charge in [0.2, 0.25) is 0 Å². The molecular weight excluding hydrogens is 429 g/mol. The lowest BCUT2D eigenvalue weighted by molar-refractivity contribution is 0.00528. The molecule has 0 amide bonds. The maximum Gasteiger partial charge on any atom is 0.191 e. The molecular formula is C15H21ClIN5O. The van der Waals surface area contributed by atoms with Crippen molar-refractivity contribution in [1.82, 2.24) is 14.5 Å². The third-order valence-corrected chi connectivity index (χ3v) is 4.12. The number of aliphatic imine (C=N–C) groups is 1. The van der Waals surface area contributed by atoms with E-state index in [-0.39, 0.29) is 30.1 Å². The first-order chi connectivity index (χ1) is 10.5. The summed E-state index contributed by atoms with van der Waals surface area (Å²) < 4.78 is 7.53. The first kappa shape index (κ1) is 18.3. The molecule has 1 aromatic carbocycles. The van der Waals surface area contributed by atoms with Gasteiger partial charge in [0.05, 0.1) is 23.7 Å². The highest BCUT2D eigenvalue weighted by atomic mass is 127. The molecule has 1 atom stereocenters. The number of benzene rings is 1. The van der Waals surface area contributed by atoms with Gasteiger partial charge < -0.3 is 19.9 Å². The third kappa shape index (κ3) is 4.07. The molecule has 2 heterocycles. The van der Waals surface area contributed by atoms with Gasteiger partial charge in [-0.1, -0.05) is 11.6 Å². The quantitative estimate of drug-likeness (QED) is 0.434. The Hall–Kier alpha value is -1.06. The molecule has 3 rings (SSSR count). The molecule has 1 saturated heterocycles. The van der Waals surface area contributed by atoms with E-state index in [0.29, 0.717) is 24.1 Å². The Morgan fingerprint density at radius 3 is 3.04 bits per heavy atom. The average Bonchev–Trinajstić information content (AvgIpc) is 2.80. The van der Waals surface area contributed by atoms with Crippen molar-refractivity contribution in [3.8, 4) is 0 Å². The van der Waals surface area contributed by atoms with E-state index in [9.17, 15) is 0 Å². The Labute approximate surface area is 157 Å². The highest BCUT2D eigenvalue weighted by Crippen LogP contribution is 2.20. The minimum absolute atomic E-state index is 0. The highest BCUT2D eigenvalue weighted by Gasteiger charge is 2.18. The van der Waals surface area contributed by atoms with Gasteiger partial charge in [-0.2, -0.15) is 0 Å². The highest BCUT2D eigenvalue weighted by molar-refractivity contribution is 14.0. The topological polar surface area (TPSA) is 68.7 Å². The summed E-state index contributed by atoms with van der Waals surface area (Å²) in [5.41, 5.74) is 8.00. The van der Waals surface area contributed by atoms with Crippen molar-refractivity contribution in [3.63, 3.8) is 0 Å². The molecule has 126 valence electrons. The number of ether oxygens (including phenoxy) is 1. The molecule has 6 nitrogen and oxygen atoms in total. The molecule has 1 aromatic heterocycles. The lowest BCUT2D eigenvalue weighted by Crippen LogP contribution is -2.47. The summed E-state index contributed by atoms with van der Waals surface area (Å²) in [6.07, 6.45) is 0.181. The maximum atomic E-state index is 6.09. The van der Waals surface area contributed by atoms with Gasteiger partial charge in [0.25, 0.3) is 0 Å². The normalized spacial score (nSPS) is 19.0. The number of nitrogens with two attached hydrogens (primary N) is 1. The number of morpholine rings is 1. The molecule has 0 bridgehead atoms. The van der Waals surface area contributed by atoms with Crippen molar-refractivity contribution in [1.29, 1.82) is 0 Å². The number of hydrogen-bond acceptors (Lipinski definition) is 3. The first-order valence-electron chi connectivity index (χ1n) is 7.32. The van der Waals surface area contributed by atoms with Crippen LogP contribution in [0.5, 0.6) is 0 Å². The predicted molar refractivity (Wildman–Crippen MR) is 103 cm³/mol. The van der Waals surface area contributed by atoms with Crippen molar-refractivity contribution in [2.75, 3.05) is 19.7 Å². The maximum absolute atomic E-state index is 6.09. The minimum Gasteiger partial charge on any atom is -0.375 e. The van der Waals surface area contributed by atoms with Crippen molar-refractivity contribution in [3.05, 3.63) is 29.0 Å². The Balaban J connectivity index is 0.00000192. The van der Waals surface area contributed by atoms with Crippen LogP contribution in [-0.4, -0.2) is 46.2 Å². The van der Waals surface area contributed by atoms with Crippen LogP contribution in [0.25, 0.3) is 11.0 Å². The number of guanidine groups is 1. The number of imidazole rings is 1. The molecule has 2 aromatic rings. The number of nitrogens with zero attached hydrogens (tertiary/aromatic N) is 4. The Bertz CT molecular complexity index is 717. The van der Waals surface area contributed by atoms with Crippen LogP contribution in [0.2, 0.25) is 5.02 Å². The monoisotopic (exact) mass is 449 g/mol. The molecule has 2 N–H and O–H groups in total. The van der Waals surface area contributed by atoms with Crippen LogP contribution in [0.3, 0.4) is 0 Å². The largest absolute Gasteiger partial charge is 0.375 e. The fourth-order valence-electron chi connectivity index (χ4n) is 2.64. The molecule has 0 radical (unpaired) electrons. The van der Waals surface area contributed by atoms with E-state index in [1.165, 1.54) is 0 Å². The number of halogens is 2. The van der Waals surface area contributed by atoms with Crippen molar-refractivity contribution in [2.24, 2.45) is 17.8 Å². The van der Waals surface area contributed by atoms with Gasteiger partial charge in [0, 0.05) is 25.2 Å².